The van der Waals surface area contributed by atoms with Crippen LogP contribution in [0.3, 0.4) is 0 Å². The third-order valence-electron chi connectivity index (χ3n) is 4.83. The average Bonchev–Trinajstić information content (AvgIpc) is 3.11. The minimum Gasteiger partial charge on any atom is -0.481 e. The zero-order chi connectivity index (χ0) is 19.8. The Morgan fingerprint density at radius 2 is 2.21 bits per heavy atom. The van der Waals surface area contributed by atoms with Crippen molar-refractivity contribution in [3.8, 4) is 11.1 Å². The fourth-order valence-corrected chi connectivity index (χ4v) is 4.65. The molecule has 144 valence electrons. The number of carboxylic acids is 1. The Hall–Kier alpha value is -2.78. The molecular weight excluding hydrogens is 404 g/mol. The highest BCUT2D eigenvalue weighted by molar-refractivity contribution is 7.17. The number of aromatic nitrogens is 2. The van der Waals surface area contributed by atoms with Crippen molar-refractivity contribution >= 4 is 50.6 Å². The van der Waals surface area contributed by atoms with E-state index in [4.69, 9.17) is 11.6 Å². The van der Waals surface area contributed by atoms with Gasteiger partial charge in [0.05, 0.1) is 16.2 Å². The molecular formula is C18H15ClN4O4S. The van der Waals surface area contributed by atoms with E-state index >= 15 is 0 Å². The highest BCUT2D eigenvalue weighted by Gasteiger charge is 2.28. The molecule has 1 atom stereocenters. The van der Waals surface area contributed by atoms with Gasteiger partial charge in [-0.1, -0.05) is 12.1 Å². The summed E-state index contributed by atoms with van der Waals surface area (Å²) in [5.41, 5.74) is 1.45. The van der Waals surface area contributed by atoms with Crippen LogP contribution in [0.1, 0.15) is 12.8 Å². The summed E-state index contributed by atoms with van der Waals surface area (Å²) in [6.07, 6.45) is 1.35. The highest BCUT2D eigenvalue weighted by Crippen LogP contribution is 2.40. The molecule has 1 aliphatic rings. The first-order valence-electron chi connectivity index (χ1n) is 8.61. The lowest BCUT2D eigenvalue weighted by atomic mass is 9.97. The number of non-ortho nitro benzene ring substituents is 1. The maximum atomic E-state index is 11.5. The Morgan fingerprint density at radius 3 is 2.96 bits per heavy atom. The normalized spacial score (nSPS) is 17.0. The minimum absolute atomic E-state index is 0.00260. The predicted octanol–water partition coefficient (Wildman–Crippen LogP) is 4.22. The van der Waals surface area contributed by atoms with Crippen molar-refractivity contribution in [2.45, 2.75) is 12.8 Å². The number of nitro groups is 1. The van der Waals surface area contributed by atoms with Crippen molar-refractivity contribution in [1.82, 2.24) is 9.97 Å². The molecule has 0 spiro atoms. The number of aliphatic carboxylic acids is 1. The molecule has 0 amide bonds. The Kier molecular flexibility index (Phi) is 4.86. The van der Waals surface area contributed by atoms with Gasteiger partial charge in [-0.2, -0.15) is 4.98 Å². The monoisotopic (exact) mass is 418 g/mol. The third kappa shape index (κ3) is 3.38. The SMILES string of the molecule is O=C(O)C1CCCN(c2nc(Cl)nc3scc(-c4cccc([N+](=O)[O-])c4)c23)C1. The number of fused-ring (bicyclic) bond motifs is 1. The number of thiophene rings is 1. The quantitative estimate of drug-likeness (QED) is 0.383. The lowest BCUT2D eigenvalue weighted by Gasteiger charge is -2.32. The van der Waals surface area contributed by atoms with Crippen LogP contribution < -0.4 is 4.90 Å². The largest absolute Gasteiger partial charge is 0.481 e. The maximum absolute atomic E-state index is 11.5. The summed E-state index contributed by atoms with van der Waals surface area (Å²) in [6, 6.07) is 6.38. The van der Waals surface area contributed by atoms with Gasteiger partial charge < -0.3 is 10.0 Å². The van der Waals surface area contributed by atoms with Gasteiger partial charge >= 0.3 is 5.97 Å². The van der Waals surface area contributed by atoms with E-state index in [0.717, 1.165) is 17.4 Å². The van der Waals surface area contributed by atoms with E-state index in [0.29, 0.717) is 35.7 Å². The number of carbonyl (C=O) groups is 1. The number of benzene rings is 1. The third-order valence-corrected chi connectivity index (χ3v) is 5.87. The lowest BCUT2D eigenvalue weighted by molar-refractivity contribution is -0.384. The Balaban J connectivity index is 1.86. The van der Waals surface area contributed by atoms with Gasteiger partial charge in [-0.3, -0.25) is 14.9 Å². The fraction of sp³-hybridized carbons (Fsp3) is 0.278. The molecule has 1 aliphatic heterocycles. The van der Waals surface area contributed by atoms with E-state index in [1.54, 1.807) is 12.1 Å². The molecule has 0 radical (unpaired) electrons. The molecule has 10 heteroatoms. The van der Waals surface area contributed by atoms with Crippen molar-refractivity contribution in [3.63, 3.8) is 0 Å². The first-order valence-corrected chi connectivity index (χ1v) is 9.87. The van der Waals surface area contributed by atoms with Crippen molar-refractivity contribution < 1.29 is 14.8 Å². The predicted molar refractivity (Wildman–Crippen MR) is 107 cm³/mol. The molecule has 28 heavy (non-hydrogen) atoms. The summed E-state index contributed by atoms with van der Waals surface area (Å²) < 4.78 is 0. The van der Waals surface area contributed by atoms with E-state index in [9.17, 15) is 20.0 Å². The number of piperidine rings is 1. The van der Waals surface area contributed by atoms with Gasteiger partial charge in [0.2, 0.25) is 5.28 Å². The topological polar surface area (TPSA) is 109 Å². The molecule has 1 fully saturated rings. The number of hydrogen-bond donors (Lipinski definition) is 1. The van der Waals surface area contributed by atoms with Gasteiger partial charge in [0.25, 0.3) is 5.69 Å². The van der Waals surface area contributed by atoms with Gasteiger partial charge in [-0.15, -0.1) is 11.3 Å². The number of nitrogens with zero attached hydrogens (tertiary/aromatic N) is 4. The number of carboxylic acid groups (broad SMARTS) is 1. The van der Waals surface area contributed by atoms with Crippen LogP contribution in [-0.2, 0) is 4.79 Å². The van der Waals surface area contributed by atoms with Crippen molar-refractivity contribution in [2.24, 2.45) is 5.92 Å². The van der Waals surface area contributed by atoms with Crippen LogP contribution in [0.5, 0.6) is 0 Å². The molecule has 1 saturated heterocycles. The van der Waals surface area contributed by atoms with Crippen LogP contribution in [0.15, 0.2) is 29.6 Å². The second-order valence-electron chi connectivity index (χ2n) is 6.58. The van der Waals surface area contributed by atoms with Gasteiger partial charge in [0, 0.05) is 36.2 Å². The molecule has 8 nitrogen and oxygen atoms in total. The van der Waals surface area contributed by atoms with Crippen molar-refractivity contribution in [2.75, 3.05) is 18.0 Å². The van der Waals surface area contributed by atoms with Crippen LogP contribution in [0, 0.1) is 16.0 Å². The van der Waals surface area contributed by atoms with E-state index < -0.39 is 16.8 Å². The zero-order valence-corrected chi connectivity index (χ0v) is 16.1. The Morgan fingerprint density at radius 1 is 1.39 bits per heavy atom. The average molecular weight is 419 g/mol. The van der Waals surface area contributed by atoms with E-state index in [1.165, 1.54) is 23.5 Å². The van der Waals surface area contributed by atoms with Gasteiger partial charge in [-0.25, -0.2) is 4.98 Å². The molecule has 1 N–H and O–H groups in total. The molecule has 1 aromatic carbocycles. The van der Waals surface area contributed by atoms with Crippen LogP contribution in [0.4, 0.5) is 11.5 Å². The number of nitro benzene ring substituents is 1. The molecule has 0 saturated carbocycles. The first kappa shape index (κ1) is 18.6. The second kappa shape index (κ2) is 7.33. The first-order chi connectivity index (χ1) is 13.4. The van der Waals surface area contributed by atoms with Crippen LogP contribution in [0.25, 0.3) is 21.3 Å². The van der Waals surface area contributed by atoms with Gasteiger partial charge in [-0.05, 0) is 30.0 Å². The molecule has 3 aromatic rings. The highest BCUT2D eigenvalue weighted by atomic mass is 35.5. The number of hydrogen-bond acceptors (Lipinski definition) is 7. The summed E-state index contributed by atoms with van der Waals surface area (Å²) in [6.45, 7) is 0.998. The standard InChI is InChI=1S/C18H15ClN4O4S/c19-18-20-15(22-6-2-4-11(8-22)17(24)25)14-13(9-28-16(14)21-18)10-3-1-5-12(7-10)23(26)27/h1,3,5,7,9,11H,2,4,6,8H2,(H,24,25). The number of rotatable bonds is 4. The number of halogens is 1. The Labute approximate surface area is 168 Å². The van der Waals surface area contributed by atoms with Crippen LogP contribution in [-0.4, -0.2) is 39.1 Å². The van der Waals surface area contributed by atoms with Crippen molar-refractivity contribution in [1.29, 1.82) is 0 Å². The molecule has 2 aromatic heterocycles. The maximum Gasteiger partial charge on any atom is 0.308 e. The van der Waals surface area contributed by atoms with Gasteiger partial charge in [0.15, 0.2) is 0 Å². The Bertz CT molecular complexity index is 1090. The number of anilines is 1. The van der Waals surface area contributed by atoms with Gasteiger partial charge in [0.1, 0.15) is 10.6 Å². The fourth-order valence-electron chi connectivity index (χ4n) is 3.50. The van der Waals surface area contributed by atoms with Crippen molar-refractivity contribution in [3.05, 3.63) is 45.0 Å². The summed E-state index contributed by atoms with van der Waals surface area (Å²) in [5.74, 6) is -0.730. The minimum atomic E-state index is -0.828. The molecule has 4 rings (SSSR count). The molecule has 3 heterocycles. The molecule has 1 unspecified atom stereocenters. The van der Waals surface area contributed by atoms with E-state index in [2.05, 4.69) is 9.97 Å². The summed E-state index contributed by atoms with van der Waals surface area (Å²) in [7, 11) is 0. The molecule has 0 aliphatic carbocycles. The summed E-state index contributed by atoms with van der Waals surface area (Å²) in [4.78, 5) is 33.4. The summed E-state index contributed by atoms with van der Waals surface area (Å²) in [5, 5.41) is 23.2. The smallest absolute Gasteiger partial charge is 0.308 e. The lowest BCUT2D eigenvalue weighted by Crippen LogP contribution is -2.39. The zero-order valence-electron chi connectivity index (χ0n) is 14.5. The molecule has 0 bridgehead atoms. The van der Waals surface area contributed by atoms with E-state index in [1.807, 2.05) is 10.3 Å². The van der Waals surface area contributed by atoms with Crippen LogP contribution in [0.2, 0.25) is 5.28 Å². The van der Waals surface area contributed by atoms with Crippen LogP contribution >= 0.6 is 22.9 Å². The second-order valence-corrected chi connectivity index (χ2v) is 7.77. The van der Waals surface area contributed by atoms with E-state index in [-0.39, 0.29) is 11.0 Å². The summed E-state index contributed by atoms with van der Waals surface area (Å²) >= 11 is 7.49.